The van der Waals surface area contributed by atoms with Gasteiger partial charge in [0.1, 0.15) is 17.7 Å². The molecule has 0 saturated heterocycles. The van der Waals surface area contributed by atoms with Gasteiger partial charge in [0, 0.05) is 21.9 Å². The molecule has 1 aromatic carbocycles. The van der Waals surface area contributed by atoms with E-state index in [0.717, 1.165) is 4.88 Å². The lowest BCUT2D eigenvalue weighted by Crippen LogP contribution is -2.28. The smallest absolute Gasteiger partial charge is 0.148 e. The lowest BCUT2D eigenvalue weighted by Gasteiger charge is -2.22. The number of halogens is 3. The summed E-state index contributed by atoms with van der Waals surface area (Å²) < 4.78 is 20.0. The van der Waals surface area contributed by atoms with E-state index in [-0.39, 0.29) is 17.2 Å². The van der Waals surface area contributed by atoms with Gasteiger partial charge >= 0.3 is 0 Å². The van der Waals surface area contributed by atoms with Crippen molar-refractivity contribution >= 4 is 38.9 Å². The van der Waals surface area contributed by atoms with Gasteiger partial charge in [0.2, 0.25) is 0 Å². The second-order valence-electron chi connectivity index (χ2n) is 4.54. The average molecular weight is 379 g/mol. The van der Waals surface area contributed by atoms with Crippen LogP contribution in [-0.2, 0) is 0 Å². The first-order valence-corrected chi connectivity index (χ1v) is 8.00. The van der Waals surface area contributed by atoms with Gasteiger partial charge in [0.05, 0.1) is 9.50 Å². The Morgan fingerprint density at radius 2 is 2.10 bits per heavy atom. The highest BCUT2D eigenvalue weighted by atomic mass is 79.9. The second-order valence-corrected chi connectivity index (χ2v) is 7.12. The number of aryl methyl sites for hydroxylation is 1. The van der Waals surface area contributed by atoms with Crippen molar-refractivity contribution in [3.8, 4) is 5.75 Å². The summed E-state index contributed by atoms with van der Waals surface area (Å²) in [7, 11) is 0. The van der Waals surface area contributed by atoms with Gasteiger partial charge in [0.25, 0.3) is 0 Å². The highest BCUT2D eigenvalue weighted by molar-refractivity contribution is 9.10. The summed E-state index contributed by atoms with van der Waals surface area (Å²) in [4.78, 5) is 2.19. The van der Waals surface area contributed by atoms with Gasteiger partial charge in [-0.15, -0.1) is 11.3 Å². The van der Waals surface area contributed by atoms with Gasteiger partial charge < -0.3 is 10.5 Å². The van der Waals surface area contributed by atoms with Gasteiger partial charge in [0.15, 0.2) is 0 Å². The van der Waals surface area contributed by atoms with Crippen molar-refractivity contribution in [1.29, 1.82) is 0 Å². The molecule has 2 rings (SSSR count). The summed E-state index contributed by atoms with van der Waals surface area (Å²) in [6.45, 7) is 3.88. The molecule has 0 aliphatic heterocycles. The number of rotatable bonds is 4. The predicted octanol–water partition coefficient (Wildman–Crippen LogP) is 5.08. The lowest BCUT2D eigenvalue weighted by atomic mass is 10.1. The Morgan fingerprint density at radius 3 is 2.65 bits per heavy atom. The molecular formula is C14H14BrClFNOS. The minimum atomic E-state index is -0.518. The van der Waals surface area contributed by atoms with Gasteiger partial charge in [-0.1, -0.05) is 11.6 Å². The van der Waals surface area contributed by atoms with Crippen molar-refractivity contribution in [1.82, 2.24) is 0 Å². The standard InChI is InChI=1S/C14H14BrClFNOS/c1-7-3-4-13(20-7)14(8(2)18)19-12-6-11(17)10(16)5-9(12)15/h3-6,8,14H,18H2,1-2H3. The number of hydrogen-bond acceptors (Lipinski definition) is 3. The molecule has 2 nitrogen and oxygen atoms in total. The Bertz CT molecular complexity index is 617. The molecule has 2 atom stereocenters. The van der Waals surface area contributed by atoms with Crippen molar-refractivity contribution in [2.24, 2.45) is 5.73 Å². The van der Waals surface area contributed by atoms with Gasteiger partial charge in [-0.25, -0.2) is 4.39 Å². The maximum absolute atomic E-state index is 13.6. The van der Waals surface area contributed by atoms with Crippen molar-refractivity contribution in [3.63, 3.8) is 0 Å². The van der Waals surface area contributed by atoms with E-state index in [2.05, 4.69) is 15.9 Å². The van der Waals surface area contributed by atoms with Crippen LogP contribution in [-0.4, -0.2) is 6.04 Å². The Morgan fingerprint density at radius 1 is 1.40 bits per heavy atom. The van der Waals surface area contributed by atoms with Crippen molar-refractivity contribution < 1.29 is 9.13 Å². The van der Waals surface area contributed by atoms with E-state index >= 15 is 0 Å². The fraction of sp³-hybridized carbons (Fsp3) is 0.286. The second kappa shape index (κ2) is 6.43. The third kappa shape index (κ3) is 3.52. The summed E-state index contributed by atoms with van der Waals surface area (Å²) in [5.74, 6) is -0.129. The molecule has 2 aromatic rings. The van der Waals surface area contributed by atoms with Crippen LogP contribution in [0.1, 0.15) is 22.8 Å². The first kappa shape index (κ1) is 15.8. The van der Waals surface area contributed by atoms with E-state index in [1.165, 1.54) is 17.0 Å². The first-order valence-electron chi connectivity index (χ1n) is 6.01. The average Bonchev–Trinajstić information content (AvgIpc) is 2.78. The largest absolute Gasteiger partial charge is 0.482 e. The normalized spacial score (nSPS) is 14.1. The van der Waals surface area contributed by atoms with Crippen LogP contribution in [0.5, 0.6) is 5.75 Å². The van der Waals surface area contributed by atoms with Crippen LogP contribution in [0.15, 0.2) is 28.7 Å². The van der Waals surface area contributed by atoms with Gasteiger partial charge in [-0.05, 0) is 48.0 Å². The molecule has 0 spiro atoms. The molecule has 1 heterocycles. The first-order chi connectivity index (χ1) is 9.38. The third-order valence-corrected chi connectivity index (χ3v) is 4.72. The Hall–Kier alpha value is -0.620. The van der Waals surface area contributed by atoms with Crippen LogP contribution >= 0.6 is 38.9 Å². The zero-order valence-electron chi connectivity index (χ0n) is 11.0. The molecule has 0 fully saturated rings. The van der Waals surface area contributed by atoms with Crippen molar-refractivity contribution in [3.05, 3.63) is 49.3 Å². The van der Waals surface area contributed by atoms with E-state index in [9.17, 15) is 4.39 Å². The highest BCUT2D eigenvalue weighted by Crippen LogP contribution is 2.35. The summed E-state index contributed by atoms with van der Waals surface area (Å²) in [5, 5.41) is 0.0496. The molecule has 0 saturated carbocycles. The van der Waals surface area contributed by atoms with Crippen LogP contribution in [0.3, 0.4) is 0 Å². The SMILES string of the molecule is Cc1ccc(C(Oc2cc(F)c(Cl)cc2Br)C(C)N)s1. The molecular weight excluding hydrogens is 365 g/mol. The maximum atomic E-state index is 13.6. The molecule has 0 amide bonds. The Kier molecular flexibility index (Phi) is 5.07. The zero-order valence-corrected chi connectivity index (χ0v) is 14.2. The molecule has 0 aliphatic rings. The summed E-state index contributed by atoms with van der Waals surface area (Å²) >= 11 is 10.7. The van der Waals surface area contributed by atoms with Crippen LogP contribution in [0.4, 0.5) is 4.39 Å². The van der Waals surface area contributed by atoms with Gasteiger partial charge in [-0.3, -0.25) is 0 Å². The quantitative estimate of drug-likeness (QED) is 0.753. The highest BCUT2D eigenvalue weighted by Gasteiger charge is 2.21. The third-order valence-electron chi connectivity index (χ3n) is 2.75. The van der Waals surface area contributed by atoms with E-state index in [0.29, 0.717) is 10.2 Å². The Balaban J connectivity index is 2.32. The Labute approximate surface area is 134 Å². The fourth-order valence-corrected chi connectivity index (χ4v) is 3.52. The molecule has 0 aliphatic carbocycles. The predicted molar refractivity (Wildman–Crippen MR) is 85.2 cm³/mol. The molecule has 6 heteroatoms. The van der Waals surface area contributed by atoms with Crippen LogP contribution in [0, 0.1) is 12.7 Å². The van der Waals surface area contributed by atoms with Crippen molar-refractivity contribution in [2.45, 2.75) is 26.0 Å². The van der Waals surface area contributed by atoms with E-state index < -0.39 is 5.82 Å². The van der Waals surface area contributed by atoms with E-state index in [4.69, 9.17) is 22.1 Å². The topological polar surface area (TPSA) is 35.2 Å². The molecule has 0 radical (unpaired) electrons. The van der Waals surface area contributed by atoms with Crippen LogP contribution in [0.25, 0.3) is 0 Å². The minimum Gasteiger partial charge on any atom is -0.482 e. The zero-order chi connectivity index (χ0) is 14.9. The molecule has 1 aromatic heterocycles. The molecule has 20 heavy (non-hydrogen) atoms. The van der Waals surface area contributed by atoms with Crippen LogP contribution < -0.4 is 10.5 Å². The number of hydrogen-bond donors (Lipinski definition) is 1. The maximum Gasteiger partial charge on any atom is 0.148 e. The summed E-state index contributed by atoms with van der Waals surface area (Å²) in [5.41, 5.74) is 5.99. The monoisotopic (exact) mass is 377 g/mol. The summed E-state index contributed by atoms with van der Waals surface area (Å²) in [6, 6.07) is 6.51. The fourth-order valence-electron chi connectivity index (χ4n) is 1.76. The minimum absolute atomic E-state index is 0.0496. The summed E-state index contributed by atoms with van der Waals surface area (Å²) in [6.07, 6.45) is -0.328. The molecule has 2 N–H and O–H groups in total. The molecule has 2 unspecified atom stereocenters. The number of ether oxygens (including phenoxy) is 1. The van der Waals surface area contributed by atoms with E-state index in [1.807, 2.05) is 26.0 Å². The number of benzene rings is 1. The van der Waals surface area contributed by atoms with Gasteiger partial charge in [-0.2, -0.15) is 0 Å². The number of nitrogens with two attached hydrogens (primary N) is 1. The lowest BCUT2D eigenvalue weighted by molar-refractivity contribution is 0.182. The van der Waals surface area contributed by atoms with Crippen molar-refractivity contribution in [2.75, 3.05) is 0 Å². The van der Waals surface area contributed by atoms with Crippen LogP contribution in [0.2, 0.25) is 5.02 Å². The number of thiophene rings is 1. The molecule has 108 valence electrons. The van der Waals surface area contributed by atoms with E-state index in [1.54, 1.807) is 11.3 Å². The molecule has 0 bridgehead atoms.